The van der Waals surface area contributed by atoms with Crippen LogP contribution in [0.4, 0.5) is 5.69 Å². The number of esters is 1. The number of ether oxygens (including phenoxy) is 1. The lowest BCUT2D eigenvalue weighted by Gasteiger charge is -2.35. The maximum atomic E-state index is 13.6. The van der Waals surface area contributed by atoms with Crippen molar-refractivity contribution in [3.8, 4) is 11.5 Å². The van der Waals surface area contributed by atoms with Gasteiger partial charge in [-0.1, -0.05) is 78.3 Å². The molecule has 1 aromatic heterocycles. The lowest BCUT2D eigenvalue weighted by molar-refractivity contribution is -0.923. The number of piperidine rings is 1. The van der Waals surface area contributed by atoms with Crippen molar-refractivity contribution in [2.24, 2.45) is 5.92 Å². The van der Waals surface area contributed by atoms with Gasteiger partial charge in [0.15, 0.2) is 12.1 Å². The number of carbonyl (C=O) groups excluding carboxylic acids is 1. The molecule has 4 atom stereocenters. The highest BCUT2D eigenvalue weighted by atomic mass is 16.5. The Morgan fingerprint density at radius 3 is 2.47 bits per heavy atom. The summed E-state index contributed by atoms with van der Waals surface area (Å²) in [6.45, 7) is 6.54. The van der Waals surface area contributed by atoms with Gasteiger partial charge in [0.1, 0.15) is 13.1 Å². The van der Waals surface area contributed by atoms with Gasteiger partial charge in [-0.05, 0) is 43.2 Å². The van der Waals surface area contributed by atoms with Crippen molar-refractivity contribution in [1.29, 1.82) is 0 Å². The zero-order valence-electron chi connectivity index (χ0n) is 22.0. The number of rotatable bonds is 9. The Morgan fingerprint density at radius 2 is 1.76 bits per heavy atom. The molecule has 5 rings (SSSR count). The summed E-state index contributed by atoms with van der Waals surface area (Å²) in [6, 6.07) is 27.0. The quantitative estimate of drug-likeness (QED) is 0.319. The first kappa shape index (κ1) is 25.7. The molecule has 1 aliphatic rings. The van der Waals surface area contributed by atoms with Crippen LogP contribution in [0.1, 0.15) is 42.8 Å². The van der Waals surface area contributed by atoms with Crippen molar-refractivity contribution in [2.45, 2.75) is 45.4 Å². The second-order valence-electron chi connectivity index (χ2n) is 10.0. The van der Waals surface area contributed by atoms with Gasteiger partial charge in [-0.3, -0.25) is 0 Å². The summed E-state index contributed by atoms with van der Waals surface area (Å²) in [7, 11) is 0. The molecular weight excluding hydrogens is 476 g/mol. The topological polar surface area (TPSA) is 81.7 Å². The number of aromatic nitrogens is 2. The summed E-state index contributed by atoms with van der Waals surface area (Å²) in [5, 5.41) is 7.60. The van der Waals surface area contributed by atoms with E-state index in [0.717, 1.165) is 36.2 Å². The molecule has 196 valence electrons. The maximum absolute atomic E-state index is 13.6. The van der Waals surface area contributed by atoms with Gasteiger partial charge in [-0.15, -0.1) is 0 Å². The third kappa shape index (κ3) is 6.29. The van der Waals surface area contributed by atoms with E-state index in [1.54, 1.807) is 0 Å². The van der Waals surface area contributed by atoms with E-state index in [9.17, 15) is 4.79 Å². The van der Waals surface area contributed by atoms with Crippen LogP contribution in [0.3, 0.4) is 0 Å². The van der Waals surface area contributed by atoms with Crippen LogP contribution in [0.15, 0.2) is 89.5 Å². The van der Waals surface area contributed by atoms with Crippen LogP contribution in [-0.2, 0) is 16.1 Å². The van der Waals surface area contributed by atoms with Crippen molar-refractivity contribution in [3.63, 3.8) is 0 Å². The van der Waals surface area contributed by atoms with Crippen molar-refractivity contribution < 1.29 is 19.0 Å². The lowest BCUT2D eigenvalue weighted by Crippen LogP contribution is -3.13. The molecule has 0 spiro atoms. The van der Waals surface area contributed by atoms with Crippen LogP contribution < -0.4 is 10.2 Å². The molecule has 1 fully saturated rings. The van der Waals surface area contributed by atoms with E-state index in [4.69, 9.17) is 9.26 Å². The predicted molar refractivity (Wildman–Crippen MR) is 146 cm³/mol. The summed E-state index contributed by atoms with van der Waals surface area (Å²) >= 11 is 0. The van der Waals surface area contributed by atoms with Gasteiger partial charge in [0.05, 0.1) is 6.54 Å². The van der Waals surface area contributed by atoms with Crippen LogP contribution in [0.2, 0.25) is 0 Å². The van der Waals surface area contributed by atoms with E-state index in [-0.39, 0.29) is 12.1 Å². The molecule has 2 N–H and O–H groups in total. The average Bonchev–Trinajstić information content (AvgIpc) is 3.41. The standard InChI is InChI=1S/C31H34N4O3/c1-3-23-18-19-35(21-28-33-30(38-34-28)25-16-14-22(2)15-17-25)20-27(23)37-31(36)29(24-10-6-4-7-11-24)32-26-12-8-5-9-13-26/h4-17,23,27,29,32H,3,18-21H2,1-2H3/p+1/t23?,27-,29+/m0/s1. The Kier molecular flexibility index (Phi) is 8.14. The van der Waals surface area contributed by atoms with Crippen LogP contribution in [0, 0.1) is 12.8 Å². The van der Waals surface area contributed by atoms with Crippen LogP contribution >= 0.6 is 0 Å². The van der Waals surface area contributed by atoms with Gasteiger partial charge in [0.2, 0.25) is 5.82 Å². The molecule has 0 saturated carbocycles. The molecule has 38 heavy (non-hydrogen) atoms. The number of nitrogens with one attached hydrogen (secondary N) is 2. The number of benzene rings is 3. The monoisotopic (exact) mass is 511 g/mol. The molecule has 1 aliphatic heterocycles. The normalized spacial score (nSPS) is 20.0. The van der Waals surface area contributed by atoms with Crippen molar-refractivity contribution in [2.75, 3.05) is 18.4 Å². The highest BCUT2D eigenvalue weighted by Crippen LogP contribution is 2.25. The van der Waals surface area contributed by atoms with E-state index < -0.39 is 6.04 Å². The molecular formula is C31H35N4O3+. The summed E-state index contributed by atoms with van der Waals surface area (Å²) in [6.07, 6.45) is 1.77. The Balaban J connectivity index is 1.27. The minimum atomic E-state index is -0.587. The van der Waals surface area contributed by atoms with E-state index in [0.29, 0.717) is 30.7 Å². The number of quaternary nitrogens is 1. The molecule has 0 bridgehead atoms. The number of para-hydroxylation sites is 1. The van der Waals surface area contributed by atoms with Crippen LogP contribution in [-0.4, -0.2) is 35.3 Å². The van der Waals surface area contributed by atoms with Crippen molar-refractivity contribution >= 4 is 11.7 Å². The summed E-state index contributed by atoms with van der Waals surface area (Å²) in [5.74, 6) is 1.27. The first-order valence-corrected chi connectivity index (χ1v) is 13.4. The minimum absolute atomic E-state index is 0.177. The van der Waals surface area contributed by atoms with Gasteiger partial charge in [-0.25, -0.2) is 4.79 Å². The fraction of sp³-hybridized carbons (Fsp3) is 0.323. The van der Waals surface area contributed by atoms with Gasteiger partial charge in [-0.2, -0.15) is 4.98 Å². The smallest absolute Gasteiger partial charge is 0.333 e. The molecule has 1 saturated heterocycles. The number of carbonyl (C=O) groups is 1. The summed E-state index contributed by atoms with van der Waals surface area (Å²) in [5.41, 5.74) is 3.86. The summed E-state index contributed by atoms with van der Waals surface area (Å²) in [4.78, 5) is 19.5. The summed E-state index contributed by atoms with van der Waals surface area (Å²) < 4.78 is 11.8. The van der Waals surface area contributed by atoms with Crippen molar-refractivity contribution in [1.82, 2.24) is 10.1 Å². The average molecular weight is 512 g/mol. The lowest BCUT2D eigenvalue weighted by atomic mass is 9.91. The van der Waals surface area contributed by atoms with E-state index in [1.165, 1.54) is 10.5 Å². The Labute approximate surface area is 223 Å². The number of hydrogen-bond donors (Lipinski definition) is 2. The zero-order chi connectivity index (χ0) is 26.3. The molecule has 0 radical (unpaired) electrons. The van der Waals surface area contributed by atoms with Gasteiger partial charge in [0.25, 0.3) is 5.89 Å². The molecule has 7 heteroatoms. The first-order chi connectivity index (χ1) is 18.6. The highest BCUT2D eigenvalue weighted by Gasteiger charge is 2.36. The second kappa shape index (κ2) is 12.0. The molecule has 2 heterocycles. The SMILES string of the molecule is CCC1CC[NH+](Cc2noc(-c3ccc(C)cc3)n2)C[C@@H]1OC(=O)[C@H](Nc1ccccc1)c1ccccc1. The predicted octanol–water partition coefficient (Wildman–Crippen LogP) is 4.63. The Hall–Kier alpha value is -3.97. The molecule has 4 aromatic rings. The fourth-order valence-electron chi connectivity index (χ4n) is 5.10. The number of anilines is 1. The minimum Gasteiger partial charge on any atom is -0.454 e. The van der Waals surface area contributed by atoms with E-state index in [1.807, 2.05) is 84.9 Å². The van der Waals surface area contributed by atoms with E-state index >= 15 is 0 Å². The van der Waals surface area contributed by atoms with Gasteiger partial charge >= 0.3 is 5.97 Å². The Morgan fingerprint density at radius 1 is 1.05 bits per heavy atom. The first-order valence-electron chi connectivity index (χ1n) is 13.4. The maximum Gasteiger partial charge on any atom is 0.333 e. The third-order valence-corrected chi connectivity index (χ3v) is 7.30. The van der Waals surface area contributed by atoms with Crippen molar-refractivity contribution in [3.05, 3.63) is 102 Å². The highest BCUT2D eigenvalue weighted by molar-refractivity contribution is 5.81. The van der Waals surface area contributed by atoms with Gasteiger partial charge < -0.3 is 19.5 Å². The van der Waals surface area contributed by atoms with Gasteiger partial charge in [0, 0.05) is 23.6 Å². The Bertz CT molecular complexity index is 1310. The molecule has 7 nitrogen and oxygen atoms in total. The van der Waals surface area contributed by atoms with Crippen LogP contribution in [0.5, 0.6) is 0 Å². The number of likely N-dealkylation sites (tertiary alicyclic amines) is 1. The third-order valence-electron chi connectivity index (χ3n) is 7.30. The fourth-order valence-corrected chi connectivity index (χ4v) is 5.10. The zero-order valence-corrected chi connectivity index (χ0v) is 22.0. The molecule has 0 amide bonds. The largest absolute Gasteiger partial charge is 0.454 e. The number of aryl methyl sites for hydroxylation is 1. The molecule has 2 unspecified atom stereocenters. The number of nitrogens with zero attached hydrogens (tertiary/aromatic N) is 2. The van der Waals surface area contributed by atoms with E-state index in [2.05, 4.69) is 29.3 Å². The van der Waals surface area contributed by atoms with Crippen LogP contribution in [0.25, 0.3) is 11.5 Å². The second-order valence-corrected chi connectivity index (χ2v) is 10.0. The molecule has 3 aromatic carbocycles. The number of hydrogen-bond acceptors (Lipinski definition) is 6. The molecule has 0 aliphatic carbocycles.